The Morgan fingerprint density at radius 2 is 1.77 bits per heavy atom. The average molecular weight is 475 g/mol. The Morgan fingerprint density at radius 3 is 2.46 bits per heavy atom. The van der Waals surface area contributed by atoms with E-state index in [1.807, 2.05) is 12.1 Å². The van der Waals surface area contributed by atoms with Crippen molar-refractivity contribution < 1.29 is 9.18 Å². The minimum atomic E-state index is -0.256. The van der Waals surface area contributed by atoms with Crippen LogP contribution in [-0.4, -0.2) is 66.1 Å². The first kappa shape index (κ1) is 23.2. The van der Waals surface area contributed by atoms with Crippen LogP contribution in [0.25, 0.3) is 11.3 Å². The van der Waals surface area contributed by atoms with Crippen LogP contribution in [0, 0.1) is 5.82 Å². The topological polar surface area (TPSA) is 64.9 Å². The van der Waals surface area contributed by atoms with Crippen LogP contribution >= 0.6 is 0 Å². The van der Waals surface area contributed by atoms with Crippen LogP contribution in [0.4, 0.5) is 16.2 Å². The van der Waals surface area contributed by atoms with Gasteiger partial charge in [0, 0.05) is 62.2 Å². The predicted octanol–water partition coefficient (Wildman–Crippen LogP) is 4.22. The molecule has 0 bridgehead atoms. The third kappa shape index (κ3) is 4.97. The average Bonchev–Trinajstić information content (AvgIpc) is 3.22. The van der Waals surface area contributed by atoms with E-state index in [1.165, 1.54) is 12.1 Å². The van der Waals surface area contributed by atoms with Gasteiger partial charge in [-0.3, -0.25) is 4.79 Å². The number of aliphatic imine (C=N–C) groups is 1. The number of anilines is 2. The number of halogens is 1. The SMILES string of the molecule is CC1=C(N2CCN(c3cc(-c4ccc(F)cc4)nc(N4CCCC4C)n3)CC2)N=CC(C=O)=CC1. The van der Waals surface area contributed by atoms with Crippen molar-refractivity contribution in [3.05, 3.63) is 59.2 Å². The second kappa shape index (κ2) is 9.98. The molecule has 1 aromatic heterocycles. The van der Waals surface area contributed by atoms with Gasteiger partial charge in [0.2, 0.25) is 5.95 Å². The molecule has 8 heteroatoms. The Labute approximate surface area is 205 Å². The van der Waals surface area contributed by atoms with Crippen LogP contribution in [0.5, 0.6) is 0 Å². The lowest BCUT2D eigenvalue weighted by Crippen LogP contribution is -2.46. The van der Waals surface area contributed by atoms with Gasteiger partial charge in [-0.25, -0.2) is 14.4 Å². The summed E-state index contributed by atoms with van der Waals surface area (Å²) in [7, 11) is 0. The molecule has 0 N–H and O–H groups in total. The zero-order valence-electron chi connectivity index (χ0n) is 20.3. The molecular formula is C27H31FN6O. The van der Waals surface area contributed by atoms with E-state index in [1.54, 1.807) is 18.3 Å². The van der Waals surface area contributed by atoms with Crippen molar-refractivity contribution in [1.29, 1.82) is 0 Å². The number of allylic oxidation sites excluding steroid dienone is 3. The number of carbonyl (C=O) groups excluding carboxylic acids is 1. The molecule has 2 saturated heterocycles. The van der Waals surface area contributed by atoms with E-state index in [-0.39, 0.29) is 5.82 Å². The fourth-order valence-electron chi connectivity index (χ4n) is 4.95. The maximum absolute atomic E-state index is 13.5. The van der Waals surface area contributed by atoms with E-state index in [4.69, 9.17) is 9.97 Å². The number of hydrogen-bond donors (Lipinski definition) is 0. The number of aldehydes is 1. The highest BCUT2D eigenvalue weighted by Crippen LogP contribution is 2.30. The van der Waals surface area contributed by atoms with Gasteiger partial charge in [-0.2, -0.15) is 4.98 Å². The number of piperazine rings is 1. The molecule has 0 aliphatic carbocycles. The Balaban J connectivity index is 1.39. The monoisotopic (exact) mass is 474 g/mol. The minimum Gasteiger partial charge on any atom is -0.353 e. The minimum absolute atomic E-state index is 0.256. The zero-order valence-corrected chi connectivity index (χ0v) is 20.3. The summed E-state index contributed by atoms with van der Waals surface area (Å²) in [6.07, 6.45) is 7.43. The van der Waals surface area contributed by atoms with E-state index in [9.17, 15) is 9.18 Å². The summed E-state index contributed by atoms with van der Waals surface area (Å²) in [6, 6.07) is 8.91. The number of hydrogen-bond acceptors (Lipinski definition) is 7. The van der Waals surface area contributed by atoms with Gasteiger partial charge in [-0.05, 0) is 62.9 Å². The molecule has 0 amide bonds. The van der Waals surface area contributed by atoms with Gasteiger partial charge in [0.15, 0.2) is 6.29 Å². The number of nitrogens with zero attached hydrogens (tertiary/aromatic N) is 6. The Morgan fingerprint density at radius 1 is 1.03 bits per heavy atom. The van der Waals surface area contributed by atoms with Crippen molar-refractivity contribution >= 4 is 24.3 Å². The summed E-state index contributed by atoms with van der Waals surface area (Å²) in [5.41, 5.74) is 3.48. The fourth-order valence-corrected chi connectivity index (χ4v) is 4.95. The zero-order chi connectivity index (χ0) is 24.4. The molecule has 5 rings (SSSR count). The van der Waals surface area contributed by atoms with Gasteiger partial charge < -0.3 is 14.7 Å². The third-order valence-corrected chi connectivity index (χ3v) is 7.05. The van der Waals surface area contributed by atoms with Gasteiger partial charge in [0.05, 0.1) is 5.69 Å². The smallest absolute Gasteiger partial charge is 0.228 e. The van der Waals surface area contributed by atoms with Gasteiger partial charge in [-0.15, -0.1) is 0 Å². The summed E-state index contributed by atoms with van der Waals surface area (Å²) in [6.45, 7) is 8.46. The number of carbonyl (C=O) groups is 1. The lowest BCUT2D eigenvalue weighted by atomic mass is 10.1. The summed E-state index contributed by atoms with van der Waals surface area (Å²) in [4.78, 5) is 32.5. The summed E-state index contributed by atoms with van der Waals surface area (Å²) < 4.78 is 13.5. The van der Waals surface area contributed by atoms with Crippen LogP contribution in [0.2, 0.25) is 0 Å². The molecule has 182 valence electrons. The van der Waals surface area contributed by atoms with Crippen molar-refractivity contribution in [1.82, 2.24) is 14.9 Å². The standard InChI is InChI=1S/C27H31FN6O/c1-19-5-6-21(18-35)17-29-26(19)33-14-12-32(13-15-33)25-16-24(22-7-9-23(28)10-8-22)30-27(31-25)34-11-3-4-20(34)2/h6-10,16-18,20H,3-5,11-15H2,1-2H3. The fraction of sp³-hybridized carbons (Fsp3) is 0.407. The quantitative estimate of drug-likeness (QED) is 0.605. The Bertz CT molecular complexity index is 1180. The van der Waals surface area contributed by atoms with Crippen molar-refractivity contribution in [3.63, 3.8) is 0 Å². The lowest BCUT2D eigenvalue weighted by Gasteiger charge is -2.37. The van der Waals surface area contributed by atoms with Gasteiger partial charge >= 0.3 is 0 Å². The molecule has 2 fully saturated rings. The summed E-state index contributed by atoms with van der Waals surface area (Å²) in [5, 5.41) is 0. The van der Waals surface area contributed by atoms with Gasteiger partial charge in [0.25, 0.3) is 0 Å². The second-order valence-corrected chi connectivity index (χ2v) is 9.47. The molecular weight excluding hydrogens is 443 g/mol. The first-order chi connectivity index (χ1) is 17.0. The Kier molecular flexibility index (Phi) is 6.61. The first-order valence-electron chi connectivity index (χ1n) is 12.3. The van der Waals surface area contributed by atoms with Crippen LogP contribution < -0.4 is 9.80 Å². The molecule has 35 heavy (non-hydrogen) atoms. The third-order valence-electron chi connectivity index (χ3n) is 7.05. The largest absolute Gasteiger partial charge is 0.353 e. The maximum Gasteiger partial charge on any atom is 0.228 e. The first-order valence-corrected chi connectivity index (χ1v) is 12.3. The molecule has 0 saturated carbocycles. The van der Waals surface area contributed by atoms with Crippen molar-refractivity contribution in [2.45, 2.75) is 39.2 Å². The summed E-state index contributed by atoms with van der Waals surface area (Å²) >= 11 is 0. The lowest BCUT2D eigenvalue weighted by molar-refractivity contribution is -0.104. The van der Waals surface area contributed by atoms with Crippen LogP contribution in [0.3, 0.4) is 0 Å². The molecule has 0 radical (unpaired) electrons. The molecule has 2 aromatic rings. The Hall–Kier alpha value is -3.55. The highest BCUT2D eigenvalue weighted by Gasteiger charge is 2.26. The highest BCUT2D eigenvalue weighted by molar-refractivity contribution is 6.02. The van der Waals surface area contributed by atoms with Gasteiger partial charge in [0.1, 0.15) is 17.5 Å². The van der Waals surface area contributed by atoms with Crippen molar-refractivity contribution in [3.8, 4) is 11.3 Å². The van der Waals surface area contributed by atoms with E-state index < -0.39 is 0 Å². The van der Waals surface area contributed by atoms with Crippen LogP contribution in [-0.2, 0) is 4.79 Å². The summed E-state index contributed by atoms with van der Waals surface area (Å²) in [5.74, 6) is 2.34. The number of aromatic nitrogens is 2. The van der Waals surface area contributed by atoms with Crippen LogP contribution in [0.15, 0.2) is 58.4 Å². The molecule has 7 nitrogen and oxygen atoms in total. The molecule has 0 spiro atoms. The highest BCUT2D eigenvalue weighted by atomic mass is 19.1. The molecule has 3 aliphatic rings. The van der Waals surface area contributed by atoms with E-state index in [0.717, 1.165) is 92.7 Å². The van der Waals surface area contributed by atoms with E-state index >= 15 is 0 Å². The molecule has 4 heterocycles. The molecule has 1 atom stereocenters. The second-order valence-electron chi connectivity index (χ2n) is 9.47. The predicted molar refractivity (Wildman–Crippen MR) is 137 cm³/mol. The maximum atomic E-state index is 13.5. The number of rotatable bonds is 5. The molecule has 1 unspecified atom stereocenters. The molecule has 3 aliphatic heterocycles. The van der Waals surface area contributed by atoms with Crippen molar-refractivity contribution in [2.75, 3.05) is 42.5 Å². The van der Waals surface area contributed by atoms with Crippen LogP contribution in [0.1, 0.15) is 33.1 Å². The van der Waals surface area contributed by atoms with E-state index in [0.29, 0.717) is 11.6 Å². The normalized spacial score (nSPS) is 20.8. The number of benzene rings is 1. The van der Waals surface area contributed by atoms with Gasteiger partial charge in [-0.1, -0.05) is 6.08 Å². The van der Waals surface area contributed by atoms with E-state index in [2.05, 4.69) is 33.5 Å². The molecule has 1 aromatic carbocycles. The van der Waals surface area contributed by atoms with Crippen molar-refractivity contribution in [2.24, 2.45) is 4.99 Å².